The highest BCUT2D eigenvalue weighted by atomic mass is 19.4. The first-order valence-electron chi connectivity index (χ1n) is 11.9. The summed E-state index contributed by atoms with van der Waals surface area (Å²) in [5.74, 6) is 2.31. The minimum Gasteiger partial charge on any atom is -0.390 e. The largest absolute Gasteiger partial charge is 0.414 e. The third kappa shape index (κ3) is 3.46. The molecule has 0 heterocycles. The van der Waals surface area contributed by atoms with E-state index in [1.165, 1.54) is 6.42 Å². The topological polar surface area (TPSA) is 40.5 Å². The van der Waals surface area contributed by atoms with Crippen LogP contribution in [0.5, 0.6) is 0 Å². The lowest BCUT2D eigenvalue weighted by atomic mass is 9.43. The van der Waals surface area contributed by atoms with Crippen molar-refractivity contribution in [2.75, 3.05) is 0 Å². The van der Waals surface area contributed by atoms with Gasteiger partial charge in [0.1, 0.15) is 6.10 Å². The van der Waals surface area contributed by atoms with Crippen molar-refractivity contribution in [2.24, 2.45) is 40.4 Å². The number of aliphatic hydroxyl groups is 2. The SMILES string of the molecule is CC[C@]1(O)CCC2(C)C(CCC3C4CCC(CC(O)C(F)(F)F)C4(C)CCC32)C1. The molecule has 0 saturated heterocycles. The van der Waals surface area contributed by atoms with Crippen molar-refractivity contribution in [3.05, 3.63) is 0 Å². The Morgan fingerprint density at radius 2 is 1.62 bits per heavy atom. The van der Waals surface area contributed by atoms with Crippen LogP contribution in [0.4, 0.5) is 13.2 Å². The third-order valence-corrected chi connectivity index (χ3v) is 10.6. The maximum Gasteiger partial charge on any atom is 0.414 e. The highest BCUT2D eigenvalue weighted by molar-refractivity contribution is 5.10. The molecule has 0 aromatic heterocycles. The minimum atomic E-state index is -4.50. The van der Waals surface area contributed by atoms with Crippen LogP contribution in [0, 0.1) is 40.4 Å². The summed E-state index contributed by atoms with van der Waals surface area (Å²) in [6.07, 6.45) is 3.18. The molecule has 5 heteroatoms. The number of hydrogen-bond donors (Lipinski definition) is 2. The van der Waals surface area contributed by atoms with Gasteiger partial charge >= 0.3 is 6.18 Å². The van der Waals surface area contributed by atoms with Gasteiger partial charge in [-0.15, -0.1) is 0 Å². The molecule has 0 aliphatic heterocycles. The van der Waals surface area contributed by atoms with Crippen molar-refractivity contribution in [1.29, 1.82) is 0 Å². The molecule has 0 radical (unpaired) electrons. The molecular weight excluding hydrogens is 377 g/mol. The van der Waals surface area contributed by atoms with Crippen LogP contribution in [-0.4, -0.2) is 28.1 Å². The van der Waals surface area contributed by atoms with E-state index in [9.17, 15) is 23.4 Å². The molecule has 2 nitrogen and oxygen atoms in total. The third-order valence-electron chi connectivity index (χ3n) is 10.6. The molecule has 4 fully saturated rings. The lowest BCUT2D eigenvalue weighted by molar-refractivity contribution is -0.212. The van der Waals surface area contributed by atoms with Gasteiger partial charge in [0.25, 0.3) is 0 Å². The average molecular weight is 417 g/mol. The number of rotatable bonds is 3. The van der Waals surface area contributed by atoms with Gasteiger partial charge in [0.05, 0.1) is 5.60 Å². The summed E-state index contributed by atoms with van der Waals surface area (Å²) < 4.78 is 38.9. The van der Waals surface area contributed by atoms with Gasteiger partial charge in [-0.3, -0.25) is 0 Å². The van der Waals surface area contributed by atoms with E-state index in [4.69, 9.17) is 0 Å². The molecule has 4 aliphatic carbocycles. The van der Waals surface area contributed by atoms with Gasteiger partial charge in [-0.1, -0.05) is 20.8 Å². The van der Waals surface area contributed by atoms with Crippen LogP contribution in [0.3, 0.4) is 0 Å². The first kappa shape index (κ1) is 21.9. The number of alkyl halides is 3. The van der Waals surface area contributed by atoms with Gasteiger partial charge in [0, 0.05) is 0 Å². The maximum absolute atomic E-state index is 13.0. The number of halogens is 3. The van der Waals surface area contributed by atoms with Crippen molar-refractivity contribution >= 4 is 0 Å². The fourth-order valence-corrected chi connectivity index (χ4v) is 8.54. The zero-order valence-corrected chi connectivity index (χ0v) is 18.3. The summed E-state index contributed by atoms with van der Waals surface area (Å²) in [7, 11) is 0. The van der Waals surface area contributed by atoms with Crippen LogP contribution < -0.4 is 0 Å². The van der Waals surface area contributed by atoms with E-state index < -0.39 is 17.9 Å². The van der Waals surface area contributed by atoms with E-state index in [-0.39, 0.29) is 23.2 Å². The van der Waals surface area contributed by atoms with Crippen molar-refractivity contribution in [3.8, 4) is 0 Å². The quantitative estimate of drug-likeness (QED) is 0.584. The number of fused-ring (bicyclic) bond motifs is 5. The highest BCUT2D eigenvalue weighted by Gasteiger charge is 2.61. The molecule has 168 valence electrons. The normalized spacial score (nSPS) is 51.1. The van der Waals surface area contributed by atoms with Gasteiger partial charge in [0.2, 0.25) is 0 Å². The smallest absolute Gasteiger partial charge is 0.390 e. The molecule has 2 N–H and O–H groups in total. The lowest BCUT2D eigenvalue weighted by Gasteiger charge is -2.62. The molecule has 4 saturated carbocycles. The molecule has 0 aromatic carbocycles. The van der Waals surface area contributed by atoms with E-state index in [0.29, 0.717) is 23.7 Å². The Bertz CT molecular complexity index is 622. The maximum atomic E-state index is 13.0. The Balaban J connectivity index is 1.51. The Hall–Kier alpha value is -0.290. The zero-order chi connectivity index (χ0) is 21.2. The van der Waals surface area contributed by atoms with Crippen LogP contribution in [0.15, 0.2) is 0 Å². The summed E-state index contributed by atoms with van der Waals surface area (Å²) in [4.78, 5) is 0. The molecular formula is C24H39F3O2. The predicted molar refractivity (Wildman–Crippen MR) is 107 cm³/mol. The monoisotopic (exact) mass is 416 g/mol. The predicted octanol–water partition coefficient (Wildman–Crippen LogP) is 6.10. The van der Waals surface area contributed by atoms with Crippen molar-refractivity contribution in [2.45, 2.75) is 109 Å². The second-order valence-corrected chi connectivity index (χ2v) is 11.6. The Kier molecular flexibility index (Phi) is 5.38. The molecule has 0 amide bonds. The van der Waals surface area contributed by atoms with Crippen LogP contribution in [0.2, 0.25) is 0 Å². The summed E-state index contributed by atoms with van der Waals surface area (Å²) >= 11 is 0. The summed E-state index contributed by atoms with van der Waals surface area (Å²) in [5, 5.41) is 20.6. The van der Waals surface area contributed by atoms with E-state index in [2.05, 4.69) is 20.8 Å². The van der Waals surface area contributed by atoms with Crippen molar-refractivity contribution < 1.29 is 23.4 Å². The highest BCUT2D eigenvalue weighted by Crippen LogP contribution is 2.68. The Morgan fingerprint density at radius 3 is 2.28 bits per heavy atom. The van der Waals surface area contributed by atoms with Gasteiger partial charge in [-0.05, 0) is 111 Å². The lowest BCUT2D eigenvalue weighted by Crippen LogP contribution is -2.56. The van der Waals surface area contributed by atoms with Crippen LogP contribution in [0.1, 0.15) is 91.4 Å². The second-order valence-electron chi connectivity index (χ2n) is 11.6. The first-order chi connectivity index (χ1) is 13.4. The minimum absolute atomic E-state index is 0.0212. The molecule has 0 spiro atoms. The summed E-state index contributed by atoms with van der Waals surface area (Å²) in [6, 6.07) is 0. The van der Waals surface area contributed by atoms with E-state index in [1.807, 2.05) is 0 Å². The summed E-state index contributed by atoms with van der Waals surface area (Å²) in [6.45, 7) is 6.76. The van der Waals surface area contributed by atoms with E-state index >= 15 is 0 Å². The molecule has 0 aromatic rings. The molecule has 4 aliphatic rings. The van der Waals surface area contributed by atoms with Gasteiger partial charge in [-0.25, -0.2) is 0 Å². The Morgan fingerprint density at radius 1 is 0.931 bits per heavy atom. The standard InChI is InChI=1S/C24H39F3O2/c1-4-23(29)12-11-22(3)16(14-23)5-7-17-18-8-6-15(13-20(28)24(25,26)27)21(18,2)10-9-19(17)22/h15-20,28-29H,4-14H2,1-3H3/t15?,16?,17?,18?,19?,20?,21?,22?,23-/m0/s1. The van der Waals surface area contributed by atoms with Crippen molar-refractivity contribution in [3.63, 3.8) is 0 Å². The molecule has 4 rings (SSSR count). The number of hydrogen-bond acceptors (Lipinski definition) is 2. The first-order valence-corrected chi connectivity index (χ1v) is 11.9. The molecule has 9 atom stereocenters. The van der Waals surface area contributed by atoms with Crippen LogP contribution in [-0.2, 0) is 0 Å². The molecule has 8 unspecified atom stereocenters. The molecule has 0 bridgehead atoms. The average Bonchev–Trinajstić information content (AvgIpc) is 2.98. The number of aliphatic hydroxyl groups excluding tert-OH is 1. The van der Waals surface area contributed by atoms with Crippen molar-refractivity contribution in [1.82, 2.24) is 0 Å². The van der Waals surface area contributed by atoms with E-state index in [1.54, 1.807) is 0 Å². The second kappa shape index (κ2) is 7.12. The summed E-state index contributed by atoms with van der Waals surface area (Å²) in [5.41, 5.74) is -0.281. The van der Waals surface area contributed by atoms with Gasteiger partial charge in [-0.2, -0.15) is 13.2 Å². The zero-order valence-electron chi connectivity index (χ0n) is 18.3. The molecule has 29 heavy (non-hydrogen) atoms. The van der Waals surface area contributed by atoms with E-state index in [0.717, 1.165) is 57.8 Å². The fraction of sp³-hybridized carbons (Fsp3) is 1.00. The van der Waals surface area contributed by atoms with Gasteiger partial charge < -0.3 is 10.2 Å². The fourth-order valence-electron chi connectivity index (χ4n) is 8.54. The Labute approximate surface area is 173 Å². The van der Waals surface area contributed by atoms with Crippen LogP contribution in [0.25, 0.3) is 0 Å². The van der Waals surface area contributed by atoms with Gasteiger partial charge in [0.15, 0.2) is 0 Å². The van der Waals surface area contributed by atoms with Crippen LogP contribution >= 0.6 is 0 Å².